The number of thioether (sulfide) groups is 1. The van der Waals surface area contributed by atoms with Crippen molar-refractivity contribution >= 4 is 27.5 Å². The fraction of sp³-hybridized carbons (Fsp3) is 0.571. The van der Waals surface area contributed by atoms with E-state index in [-0.39, 0.29) is 18.4 Å². The summed E-state index contributed by atoms with van der Waals surface area (Å²) >= 11 is 1.49. The number of nitrogens with zero attached hydrogens (tertiary/aromatic N) is 1. The van der Waals surface area contributed by atoms with E-state index in [4.69, 9.17) is 5.73 Å². The van der Waals surface area contributed by atoms with Gasteiger partial charge >= 0.3 is 0 Å². The molecule has 7 heteroatoms. The van der Waals surface area contributed by atoms with Gasteiger partial charge in [-0.15, -0.1) is 11.8 Å². The number of hydrogen-bond donors (Lipinski definition) is 2. The Bertz CT molecular complexity index is 563. The van der Waals surface area contributed by atoms with E-state index >= 15 is 0 Å². The number of piperidine rings is 1. The highest BCUT2D eigenvalue weighted by Crippen LogP contribution is 2.23. The number of rotatable bonds is 6. The molecule has 1 atom stereocenters. The van der Waals surface area contributed by atoms with Gasteiger partial charge in [-0.05, 0) is 31.0 Å². The SMILES string of the molecule is Nc1cccc(SCCS(=O)(=O)N2CCCCC2CO)c1. The van der Waals surface area contributed by atoms with Crippen LogP contribution in [0.25, 0.3) is 0 Å². The first-order valence-electron chi connectivity index (χ1n) is 7.11. The molecule has 0 aromatic heterocycles. The van der Waals surface area contributed by atoms with Gasteiger partial charge in [0.25, 0.3) is 0 Å². The highest BCUT2D eigenvalue weighted by atomic mass is 32.2. The van der Waals surface area contributed by atoms with Gasteiger partial charge in [0.15, 0.2) is 0 Å². The molecule has 1 aromatic carbocycles. The van der Waals surface area contributed by atoms with Crippen LogP contribution in [0.1, 0.15) is 19.3 Å². The molecule has 1 heterocycles. The highest BCUT2D eigenvalue weighted by molar-refractivity contribution is 8.00. The van der Waals surface area contributed by atoms with Crippen LogP contribution in [0.5, 0.6) is 0 Å². The smallest absolute Gasteiger partial charge is 0.215 e. The lowest BCUT2D eigenvalue weighted by Gasteiger charge is -2.33. The van der Waals surface area contributed by atoms with Gasteiger partial charge in [-0.25, -0.2) is 8.42 Å². The Kier molecular flexibility index (Phi) is 5.92. The van der Waals surface area contributed by atoms with Crippen LogP contribution >= 0.6 is 11.8 Å². The van der Waals surface area contributed by atoms with Crippen molar-refractivity contribution in [2.75, 3.05) is 30.4 Å². The van der Waals surface area contributed by atoms with Crippen molar-refractivity contribution in [1.29, 1.82) is 0 Å². The topological polar surface area (TPSA) is 83.6 Å². The van der Waals surface area contributed by atoms with Gasteiger partial charge in [0, 0.05) is 28.9 Å². The minimum Gasteiger partial charge on any atom is -0.399 e. The van der Waals surface area contributed by atoms with Crippen LogP contribution in [0.4, 0.5) is 5.69 Å². The summed E-state index contributed by atoms with van der Waals surface area (Å²) < 4.78 is 26.3. The van der Waals surface area contributed by atoms with E-state index in [1.54, 1.807) is 6.07 Å². The molecule has 118 valence electrons. The van der Waals surface area contributed by atoms with E-state index in [1.165, 1.54) is 16.1 Å². The van der Waals surface area contributed by atoms with Gasteiger partial charge in [0.05, 0.1) is 12.4 Å². The molecule has 0 aliphatic carbocycles. The van der Waals surface area contributed by atoms with Crippen LogP contribution in [-0.4, -0.2) is 48.5 Å². The fourth-order valence-electron chi connectivity index (χ4n) is 2.51. The molecule has 0 spiro atoms. The Balaban J connectivity index is 1.91. The second-order valence-electron chi connectivity index (χ2n) is 5.18. The largest absolute Gasteiger partial charge is 0.399 e. The second kappa shape index (κ2) is 7.49. The number of hydrogen-bond acceptors (Lipinski definition) is 5. The third kappa shape index (κ3) is 4.60. The summed E-state index contributed by atoms with van der Waals surface area (Å²) in [5, 5.41) is 9.33. The van der Waals surface area contributed by atoms with Gasteiger partial charge in [-0.1, -0.05) is 12.5 Å². The highest BCUT2D eigenvalue weighted by Gasteiger charge is 2.31. The molecule has 1 unspecified atom stereocenters. The first kappa shape index (κ1) is 16.6. The molecule has 1 saturated heterocycles. The Morgan fingerprint density at radius 3 is 2.90 bits per heavy atom. The monoisotopic (exact) mass is 330 g/mol. The third-order valence-electron chi connectivity index (χ3n) is 3.61. The Morgan fingerprint density at radius 1 is 1.38 bits per heavy atom. The van der Waals surface area contributed by atoms with Crippen LogP contribution in [0.15, 0.2) is 29.2 Å². The molecule has 5 nitrogen and oxygen atoms in total. The van der Waals surface area contributed by atoms with Crippen molar-refractivity contribution in [2.45, 2.75) is 30.2 Å². The van der Waals surface area contributed by atoms with Crippen LogP contribution in [0.3, 0.4) is 0 Å². The van der Waals surface area contributed by atoms with E-state index in [0.717, 1.165) is 24.2 Å². The van der Waals surface area contributed by atoms with E-state index < -0.39 is 10.0 Å². The summed E-state index contributed by atoms with van der Waals surface area (Å²) in [6.45, 7) is 0.429. The quantitative estimate of drug-likeness (QED) is 0.610. The van der Waals surface area contributed by atoms with Crippen molar-refractivity contribution in [3.05, 3.63) is 24.3 Å². The summed E-state index contributed by atoms with van der Waals surface area (Å²) in [6.07, 6.45) is 2.60. The summed E-state index contributed by atoms with van der Waals surface area (Å²) in [4.78, 5) is 0.975. The molecule has 3 N–H and O–H groups in total. The number of nitrogens with two attached hydrogens (primary N) is 1. The number of aliphatic hydroxyl groups excluding tert-OH is 1. The average molecular weight is 330 g/mol. The van der Waals surface area contributed by atoms with Gasteiger partial charge in [0.1, 0.15) is 0 Å². The van der Waals surface area contributed by atoms with Gasteiger partial charge in [-0.2, -0.15) is 4.31 Å². The number of anilines is 1. The maximum atomic E-state index is 12.4. The minimum absolute atomic E-state index is 0.0863. The normalized spacial score (nSPS) is 20.5. The minimum atomic E-state index is -3.30. The number of sulfonamides is 1. The summed E-state index contributed by atoms with van der Waals surface area (Å²) in [6, 6.07) is 7.18. The molecule has 1 aliphatic heterocycles. The standard InChI is InChI=1S/C14H22N2O3S2/c15-12-4-3-6-14(10-12)20-8-9-21(18,19)16-7-2-1-5-13(16)11-17/h3-4,6,10,13,17H,1-2,5,7-9,11,15H2. The van der Waals surface area contributed by atoms with Crippen molar-refractivity contribution in [2.24, 2.45) is 0 Å². The van der Waals surface area contributed by atoms with Crippen LogP contribution < -0.4 is 5.73 Å². The van der Waals surface area contributed by atoms with Crippen molar-refractivity contribution in [3.8, 4) is 0 Å². The molecule has 1 aliphatic rings. The lowest BCUT2D eigenvalue weighted by Crippen LogP contribution is -2.46. The number of aliphatic hydroxyl groups is 1. The molecule has 0 saturated carbocycles. The molecular formula is C14H22N2O3S2. The Labute approximate surface area is 130 Å². The summed E-state index contributed by atoms with van der Waals surface area (Å²) in [7, 11) is -3.30. The zero-order valence-corrected chi connectivity index (χ0v) is 13.6. The Hall–Kier alpha value is -0.760. The molecule has 0 bridgehead atoms. The first-order chi connectivity index (χ1) is 10.0. The van der Waals surface area contributed by atoms with Gasteiger partial charge in [0.2, 0.25) is 10.0 Å². The Morgan fingerprint density at radius 2 is 2.19 bits per heavy atom. The predicted molar refractivity (Wildman–Crippen MR) is 86.8 cm³/mol. The van der Waals surface area contributed by atoms with Crippen LogP contribution in [0.2, 0.25) is 0 Å². The lowest BCUT2D eigenvalue weighted by atomic mass is 10.1. The van der Waals surface area contributed by atoms with E-state index in [2.05, 4.69) is 0 Å². The first-order valence-corrected chi connectivity index (χ1v) is 9.71. The zero-order valence-electron chi connectivity index (χ0n) is 11.9. The summed E-state index contributed by atoms with van der Waals surface area (Å²) in [5.74, 6) is 0.573. The maximum absolute atomic E-state index is 12.4. The van der Waals surface area contributed by atoms with Crippen molar-refractivity contribution in [3.63, 3.8) is 0 Å². The van der Waals surface area contributed by atoms with Crippen LogP contribution in [-0.2, 0) is 10.0 Å². The van der Waals surface area contributed by atoms with E-state index in [1.807, 2.05) is 18.2 Å². The number of nitrogen functional groups attached to an aromatic ring is 1. The number of benzene rings is 1. The lowest BCUT2D eigenvalue weighted by molar-refractivity contribution is 0.155. The summed E-state index contributed by atoms with van der Waals surface area (Å²) in [5.41, 5.74) is 6.38. The van der Waals surface area contributed by atoms with E-state index in [0.29, 0.717) is 18.0 Å². The van der Waals surface area contributed by atoms with Crippen molar-refractivity contribution in [1.82, 2.24) is 4.31 Å². The molecule has 21 heavy (non-hydrogen) atoms. The molecule has 1 fully saturated rings. The maximum Gasteiger partial charge on any atom is 0.215 e. The molecular weight excluding hydrogens is 308 g/mol. The van der Waals surface area contributed by atoms with Crippen molar-refractivity contribution < 1.29 is 13.5 Å². The molecule has 0 radical (unpaired) electrons. The van der Waals surface area contributed by atoms with Gasteiger partial charge in [-0.3, -0.25) is 0 Å². The van der Waals surface area contributed by atoms with Gasteiger partial charge < -0.3 is 10.8 Å². The molecule has 2 rings (SSSR count). The zero-order chi connectivity index (χ0) is 15.3. The van der Waals surface area contributed by atoms with Crippen LogP contribution in [0, 0.1) is 0 Å². The third-order valence-corrected chi connectivity index (χ3v) is 6.78. The molecule has 1 aromatic rings. The fourth-order valence-corrected chi connectivity index (χ4v) is 5.58. The van der Waals surface area contributed by atoms with E-state index in [9.17, 15) is 13.5 Å². The second-order valence-corrected chi connectivity index (χ2v) is 8.39. The predicted octanol–water partition coefficient (Wildman–Crippen LogP) is 1.54. The average Bonchev–Trinajstić information content (AvgIpc) is 2.47. The molecule has 0 amide bonds.